The number of esters is 1. The Kier molecular flexibility index (Phi) is 9.58. The van der Waals surface area contributed by atoms with Gasteiger partial charge in [0.15, 0.2) is 16.6 Å². The monoisotopic (exact) mass is 676 g/mol. The maximum Gasteiger partial charge on any atom is 0.325 e. The van der Waals surface area contributed by atoms with Gasteiger partial charge in [0, 0.05) is 5.56 Å². The number of nitrogens with zero attached hydrogens (tertiary/aromatic N) is 2. The molecule has 3 aromatic rings. The number of thiocarbonyl (C=S) groups is 1. The van der Waals surface area contributed by atoms with E-state index in [2.05, 4.69) is 22.6 Å². The largest absolute Gasteiger partial charge is 0.497 e. The molecule has 0 aromatic heterocycles. The summed E-state index contributed by atoms with van der Waals surface area (Å²) in [6.07, 6.45) is 1.63. The maximum absolute atomic E-state index is 14.1. The minimum Gasteiger partial charge on any atom is -0.497 e. The molecule has 8 nitrogen and oxygen atoms in total. The Morgan fingerprint density at radius 1 is 1.07 bits per heavy atom. The number of carbonyl (C=O) groups excluding carboxylic acids is 2. The van der Waals surface area contributed by atoms with E-state index in [1.165, 1.54) is 23.0 Å². The Hall–Kier alpha value is -3.71. The highest BCUT2D eigenvalue weighted by Crippen LogP contribution is 2.37. The molecule has 1 aliphatic rings. The molecular formula is C29H26FIN2O6S. The van der Waals surface area contributed by atoms with Crippen LogP contribution in [0, 0.1) is 9.39 Å². The Bertz CT molecular complexity index is 1460. The molecule has 1 aliphatic heterocycles. The van der Waals surface area contributed by atoms with Crippen LogP contribution in [-0.4, -0.2) is 49.3 Å². The van der Waals surface area contributed by atoms with E-state index in [0.29, 0.717) is 44.2 Å². The fraction of sp³-hybridized carbons (Fsp3) is 0.207. The predicted molar refractivity (Wildman–Crippen MR) is 161 cm³/mol. The fourth-order valence-electron chi connectivity index (χ4n) is 3.98. The molecule has 0 radical (unpaired) electrons. The van der Waals surface area contributed by atoms with Crippen molar-refractivity contribution in [1.82, 2.24) is 4.90 Å². The molecule has 1 heterocycles. The molecule has 0 saturated carbocycles. The van der Waals surface area contributed by atoms with Gasteiger partial charge in [-0.05, 0) is 95.8 Å². The zero-order valence-electron chi connectivity index (χ0n) is 22.0. The number of ether oxygens (including phenoxy) is 4. The van der Waals surface area contributed by atoms with Gasteiger partial charge in [-0.25, -0.2) is 4.39 Å². The first-order chi connectivity index (χ1) is 19.3. The van der Waals surface area contributed by atoms with Crippen molar-refractivity contribution in [2.75, 3.05) is 32.3 Å². The number of anilines is 1. The van der Waals surface area contributed by atoms with Crippen molar-refractivity contribution in [3.63, 3.8) is 0 Å². The van der Waals surface area contributed by atoms with Gasteiger partial charge in [-0.15, -0.1) is 0 Å². The number of carbonyl (C=O) groups is 2. The van der Waals surface area contributed by atoms with Crippen molar-refractivity contribution in [3.05, 3.63) is 86.9 Å². The molecule has 208 valence electrons. The lowest BCUT2D eigenvalue weighted by atomic mass is 10.1. The average molecular weight is 677 g/mol. The first-order valence-electron chi connectivity index (χ1n) is 12.2. The quantitative estimate of drug-likeness (QED) is 0.120. The van der Waals surface area contributed by atoms with E-state index in [0.717, 1.165) is 0 Å². The van der Waals surface area contributed by atoms with Gasteiger partial charge in [0.1, 0.15) is 30.4 Å². The van der Waals surface area contributed by atoms with E-state index in [9.17, 15) is 14.0 Å². The third kappa shape index (κ3) is 6.36. The summed E-state index contributed by atoms with van der Waals surface area (Å²) in [6.45, 7) is 1.95. The highest BCUT2D eigenvalue weighted by atomic mass is 127. The van der Waals surface area contributed by atoms with Gasteiger partial charge in [-0.2, -0.15) is 0 Å². The molecule has 1 fully saturated rings. The summed E-state index contributed by atoms with van der Waals surface area (Å²) in [4.78, 5) is 28.7. The summed E-state index contributed by atoms with van der Waals surface area (Å²) < 4.78 is 36.7. The minimum atomic E-state index is -0.556. The zero-order chi connectivity index (χ0) is 28.8. The molecule has 4 rings (SSSR count). The molecule has 11 heteroatoms. The normalized spacial score (nSPS) is 14.1. The second kappa shape index (κ2) is 13.1. The van der Waals surface area contributed by atoms with Gasteiger partial charge in [0.2, 0.25) is 0 Å². The molecule has 0 spiro atoms. The summed E-state index contributed by atoms with van der Waals surface area (Å²) in [7, 11) is 2.82. The van der Waals surface area contributed by atoms with Crippen LogP contribution < -0.4 is 19.1 Å². The van der Waals surface area contributed by atoms with Crippen molar-refractivity contribution in [1.29, 1.82) is 0 Å². The van der Waals surface area contributed by atoms with Crippen molar-refractivity contribution < 1.29 is 32.9 Å². The molecule has 0 N–H and O–H groups in total. The van der Waals surface area contributed by atoms with Gasteiger partial charge in [0.25, 0.3) is 5.91 Å². The number of halogens is 2. The molecule has 0 bridgehead atoms. The van der Waals surface area contributed by atoms with Crippen molar-refractivity contribution in [2.24, 2.45) is 0 Å². The van der Waals surface area contributed by atoms with Crippen LogP contribution in [0.2, 0.25) is 0 Å². The minimum absolute atomic E-state index is 0.0136. The van der Waals surface area contributed by atoms with Crippen molar-refractivity contribution in [3.8, 4) is 17.2 Å². The Morgan fingerprint density at radius 2 is 1.80 bits per heavy atom. The van der Waals surface area contributed by atoms with Crippen molar-refractivity contribution >= 4 is 63.6 Å². The maximum atomic E-state index is 14.1. The summed E-state index contributed by atoms with van der Waals surface area (Å²) in [5, 5.41) is 0.136. The number of amides is 1. The van der Waals surface area contributed by atoms with Crippen LogP contribution >= 0.6 is 34.8 Å². The predicted octanol–water partition coefficient (Wildman–Crippen LogP) is 5.56. The molecule has 1 saturated heterocycles. The van der Waals surface area contributed by atoms with Crippen LogP contribution in [0.5, 0.6) is 17.2 Å². The Morgan fingerprint density at radius 3 is 2.45 bits per heavy atom. The lowest BCUT2D eigenvalue weighted by Crippen LogP contribution is -2.35. The van der Waals surface area contributed by atoms with Crippen molar-refractivity contribution in [2.45, 2.75) is 13.5 Å². The molecule has 3 aromatic carbocycles. The lowest BCUT2D eigenvalue weighted by Gasteiger charge is -2.19. The second-order valence-electron chi connectivity index (χ2n) is 8.46. The van der Waals surface area contributed by atoms with E-state index in [1.807, 2.05) is 6.92 Å². The molecule has 1 amide bonds. The number of methoxy groups -OCH3 is 2. The second-order valence-corrected chi connectivity index (χ2v) is 9.98. The van der Waals surface area contributed by atoms with Crippen LogP contribution in [0.15, 0.2) is 66.4 Å². The van der Waals surface area contributed by atoms with E-state index < -0.39 is 11.9 Å². The van der Waals surface area contributed by atoms with Crippen LogP contribution in [0.1, 0.15) is 18.1 Å². The first kappa shape index (κ1) is 29.3. The first-order valence-corrected chi connectivity index (χ1v) is 13.7. The molecule has 0 aliphatic carbocycles. The van der Waals surface area contributed by atoms with Gasteiger partial charge < -0.3 is 23.8 Å². The fourth-order valence-corrected chi connectivity index (χ4v) is 5.12. The molecule has 0 atom stereocenters. The lowest BCUT2D eigenvalue weighted by molar-refractivity contribution is -0.140. The summed E-state index contributed by atoms with van der Waals surface area (Å²) in [6, 6.07) is 16.8. The topological polar surface area (TPSA) is 77.5 Å². The number of benzene rings is 3. The van der Waals surface area contributed by atoms with Gasteiger partial charge in [-0.1, -0.05) is 18.2 Å². The van der Waals surface area contributed by atoms with E-state index in [4.69, 9.17) is 31.2 Å². The summed E-state index contributed by atoms with van der Waals surface area (Å²) >= 11 is 7.72. The van der Waals surface area contributed by atoms with Crippen LogP contribution in [0.3, 0.4) is 0 Å². The molecular weight excluding hydrogens is 650 g/mol. The summed E-state index contributed by atoms with van der Waals surface area (Å²) in [5.74, 6) is 0.175. The number of hydrogen-bond donors (Lipinski definition) is 0. The van der Waals surface area contributed by atoms with Crippen LogP contribution in [-0.2, 0) is 20.9 Å². The average Bonchev–Trinajstić information content (AvgIpc) is 3.17. The molecule has 0 unspecified atom stereocenters. The third-order valence-electron chi connectivity index (χ3n) is 5.95. The highest BCUT2D eigenvalue weighted by Gasteiger charge is 2.40. The smallest absolute Gasteiger partial charge is 0.325 e. The Labute approximate surface area is 250 Å². The zero-order valence-corrected chi connectivity index (χ0v) is 25.0. The number of rotatable bonds is 10. The van der Waals surface area contributed by atoms with E-state index in [1.54, 1.807) is 67.8 Å². The highest BCUT2D eigenvalue weighted by molar-refractivity contribution is 14.1. The third-order valence-corrected chi connectivity index (χ3v) is 7.15. The van der Waals surface area contributed by atoms with Gasteiger partial charge >= 0.3 is 5.97 Å². The summed E-state index contributed by atoms with van der Waals surface area (Å²) in [5.41, 5.74) is 1.73. The number of hydrogen-bond acceptors (Lipinski definition) is 7. The van der Waals surface area contributed by atoms with E-state index >= 15 is 0 Å². The van der Waals surface area contributed by atoms with Crippen LogP contribution in [0.4, 0.5) is 10.1 Å². The molecule has 40 heavy (non-hydrogen) atoms. The van der Waals surface area contributed by atoms with Gasteiger partial charge in [0.05, 0.1) is 30.1 Å². The standard InChI is InChI=1S/C29H26FIN2O6S/c1-4-38-25-15-18(13-23(31)27(25)39-17-19-7-5-6-8-22(19)30)14-24-28(35)33(20-9-11-21(36-2)12-10-20)29(40)32(24)16-26(34)37-3/h5-15H,4,16-17H2,1-3H3/b24-14-. The van der Waals surface area contributed by atoms with E-state index in [-0.39, 0.29) is 29.8 Å². The SMILES string of the molecule is CCOc1cc(/C=C2/C(=O)N(c3ccc(OC)cc3)C(=S)N2CC(=O)OC)cc(I)c1OCc1ccccc1F. The Balaban J connectivity index is 1.71. The van der Waals surface area contributed by atoms with Gasteiger partial charge in [-0.3, -0.25) is 14.5 Å². The van der Waals surface area contributed by atoms with Crippen LogP contribution in [0.25, 0.3) is 6.08 Å².